The largest absolute Gasteiger partial charge is 0.497 e. The molecule has 2 rings (SSSR count). The van der Waals surface area contributed by atoms with Crippen molar-refractivity contribution in [1.29, 1.82) is 0 Å². The smallest absolute Gasteiger partial charge is 0.244 e. The van der Waals surface area contributed by atoms with Crippen LogP contribution in [0.25, 0.3) is 0 Å². The molecule has 2 aromatic carbocycles. The number of hydrogen-bond acceptors (Lipinski definition) is 5. The number of carbonyl (C=O) groups excluding carboxylic acids is 2. The van der Waals surface area contributed by atoms with E-state index in [1.807, 2.05) is 6.92 Å². The van der Waals surface area contributed by atoms with E-state index in [4.69, 9.17) is 4.74 Å². The number of anilines is 1. The van der Waals surface area contributed by atoms with E-state index < -0.39 is 40.2 Å². The summed E-state index contributed by atoms with van der Waals surface area (Å²) in [7, 11) is -2.35. The van der Waals surface area contributed by atoms with E-state index in [1.54, 1.807) is 18.2 Å². The molecule has 8 nitrogen and oxygen atoms in total. The van der Waals surface area contributed by atoms with Crippen LogP contribution in [0, 0.1) is 5.82 Å². The van der Waals surface area contributed by atoms with Gasteiger partial charge in [0.1, 0.15) is 24.2 Å². The third kappa shape index (κ3) is 7.44. The summed E-state index contributed by atoms with van der Waals surface area (Å²) in [6, 6.07) is 11.2. The summed E-state index contributed by atoms with van der Waals surface area (Å²) in [5, 5.41) is 2.77. The van der Waals surface area contributed by atoms with Gasteiger partial charge in [-0.15, -0.1) is 0 Å². The van der Waals surface area contributed by atoms with Gasteiger partial charge >= 0.3 is 0 Å². The van der Waals surface area contributed by atoms with Crippen molar-refractivity contribution in [1.82, 2.24) is 10.2 Å². The Morgan fingerprint density at radius 2 is 1.76 bits per heavy atom. The Morgan fingerprint density at radius 1 is 1.12 bits per heavy atom. The van der Waals surface area contributed by atoms with Crippen molar-refractivity contribution in [2.45, 2.75) is 39.3 Å². The average Bonchev–Trinajstić information content (AvgIpc) is 2.81. The predicted molar refractivity (Wildman–Crippen MR) is 130 cm³/mol. The zero-order valence-corrected chi connectivity index (χ0v) is 20.8. The molecule has 0 aliphatic heterocycles. The highest BCUT2D eigenvalue weighted by atomic mass is 32.2. The van der Waals surface area contributed by atoms with Crippen molar-refractivity contribution in [2.75, 3.05) is 30.8 Å². The van der Waals surface area contributed by atoms with Gasteiger partial charge in [-0.2, -0.15) is 0 Å². The van der Waals surface area contributed by atoms with E-state index in [0.29, 0.717) is 12.3 Å². The molecule has 0 bridgehead atoms. The minimum Gasteiger partial charge on any atom is -0.497 e. The molecule has 0 aliphatic rings. The molecular weight excluding hydrogens is 461 g/mol. The second-order valence-corrected chi connectivity index (χ2v) is 9.81. The SMILES string of the molecule is CCCCNC(=O)C(C)N(Cc1ccccc1F)C(=O)CN(c1ccc(OC)cc1)S(C)(=O)=O. The molecule has 0 aliphatic carbocycles. The second-order valence-electron chi connectivity index (χ2n) is 7.90. The third-order valence-corrected chi connectivity index (χ3v) is 6.48. The number of methoxy groups -OCH3 is 1. The van der Waals surface area contributed by atoms with E-state index in [-0.39, 0.29) is 17.8 Å². The molecule has 0 heterocycles. The molecular formula is C24H32FN3O5S. The molecule has 0 fully saturated rings. The van der Waals surface area contributed by atoms with Crippen LogP contribution in [0.15, 0.2) is 48.5 Å². The van der Waals surface area contributed by atoms with Gasteiger partial charge in [-0.25, -0.2) is 12.8 Å². The lowest BCUT2D eigenvalue weighted by Crippen LogP contribution is -2.51. The summed E-state index contributed by atoms with van der Waals surface area (Å²) in [6.07, 6.45) is 2.66. The number of ether oxygens (including phenoxy) is 1. The minimum absolute atomic E-state index is 0.186. The fraction of sp³-hybridized carbons (Fsp3) is 0.417. The maximum absolute atomic E-state index is 14.4. The molecule has 10 heteroatoms. The minimum atomic E-state index is -3.84. The number of nitrogens with zero attached hydrogens (tertiary/aromatic N) is 2. The first-order valence-corrected chi connectivity index (χ1v) is 12.9. The van der Waals surface area contributed by atoms with Crippen LogP contribution in [0.3, 0.4) is 0 Å². The van der Waals surface area contributed by atoms with Crippen molar-refractivity contribution < 1.29 is 27.1 Å². The van der Waals surface area contributed by atoms with E-state index in [0.717, 1.165) is 23.4 Å². The molecule has 2 aromatic rings. The third-order valence-electron chi connectivity index (χ3n) is 5.33. The van der Waals surface area contributed by atoms with Crippen LogP contribution in [0.4, 0.5) is 10.1 Å². The first-order valence-electron chi connectivity index (χ1n) is 11.0. The molecule has 0 aromatic heterocycles. The van der Waals surface area contributed by atoms with Gasteiger partial charge in [0.2, 0.25) is 21.8 Å². The number of carbonyl (C=O) groups is 2. The van der Waals surface area contributed by atoms with Crippen molar-refractivity contribution in [3.63, 3.8) is 0 Å². The molecule has 34 heavy (non-hydrogen) atoms. The Bertz CT molecular complexity index is 1080. The van der Waals surface area contributed by atoms with Gasteiger partial charge < -0.3 is 15.0 Å². The molecule has 1 atom stereocenters. The lowest BCUT2D eigenvalue weighted by Gasteiger charge is -2.31. The van der Waals surface area contributed by atoms with E-state index in [9.17, 15) is 22.4 Å². The molecule has 2 amide bonds. The van der Waals surface area contributed by atoms with Gasteiger partial charge in [-0.05, 0) is 43.7 Å². The molecule has 0 saturated carbocycles. The van der Waals surface area contributed by atoms with Crippen LogP contribution in [0.1, 0.15) is 32.3 Å². The normalized spacial score (nSPS) is 12.0. The monoisotopic (exact) mass is 493 g/mol. The summed E-state index contributed by atoms with van der Waals surface area (Å²) in [5.74, 6) is -1.02. The molecule has 186 valence electrons. The van der Waals surface area contributed by atoms with Gasteiger partial charge in [0.05, 0.1) is 19.1 Å². The number of rotatable bonds is 12. The summed E-state index contributed by atoms with van der Waals surface area (Å²) in [6.45, 7) is 3.24. The Labute approximate surface area is 200 Å². The van der Waals surface area contributed by atoms with Crippen molar-refractivity contribution >= 4 is 27.5 Å². The Kier molecular flexibility index (Phi) is 9.85. The van der Waals surface area contributed by atoms with Crippen LogP contribution in [0.5, 0.6) is 5.75 Å². The number of hydrogen-bond donors (Lipinski definition) is 1. The fourth-order valence-electron chi connectivity index (χ4n) is 3.29. The van der Waals surface area contributed by atoms with Gasteiger partial charge in [0.25, 0.3) is 0 Å². The van der Waals surface area contributed by atoms with E-state index >= 15 is 0 Å². The number of amides is 2. The fourth-order valence-corrected chi connectivity index (χ4v) is 4.14. The summed E-state index contributed by atoms with van der Waals surface area (Å²) in [4.78, 5) is 27.3. The first kappa shape index (κ1) is 27.1. The van der Waals surface area contributed by atoms with Gasteiger partial charge in [0, 0.05) is 18.7 Å². The first-order chi connectivity index (χ1) is 16.1. The number of nitrogens with one attached hydrogen (secondary N) is 1. The quantitative estimate of drug-likeness (QED) is 0.459. The Hall–Kier alpha value is -3.14. The molecule has 1 N–H and O–H groups in total. The van der Waals surface area contributed by atoms with Gasteiger partial charge in [-0.1, -0.05) is 31.5 Å². The van der Waals surface area contributed by atoms with Gasteiger partial charge in [-0.3, -0.25) is 13.9 Å². The summed E-state index contributed by atoms with van der Waals surface area (Å²) < 4.78 is 45.5. The Balaban J connectivity index is 2.35. The Morgan fingerprint density at radius 3 is 2.32 bits per heavy atom. The molecule has 0 radical (unpaired) electrons. The van der Waals surface area contributed by atoms with Crippen molar-refractivity contribution in [3.05, 3.63) is 59.9 Å². The number of unbranched alkanes of at least 4 members (excludes halogenated alkanes) is 1. The number of halogens is 1. The summed E-state index contributed by atoms with van der Waals surface area (Å²) >= 11 is 0. The van der Waals surface area contributed by atoms with Crippen LogP contribution in [-0.4, -0.2) is 57.6 Å². The summed E-state index contributed by atoms with van der Waals surface area (Å²) in [5.41, 5.74) is 0.488. The topological polar surface area (TPSA) is 96.0 Å². The lowest BCUT2D eigenvalue weighted by molar-refractivity contribution is -0.139. The van der Waals surface area contributed by atoms with Crippen LogP contribution in [0.2, 0.25) is 0 Å². The van der Waals surface area contributed by atoms with Crippen LogP contribution < -0.4 is 14.4 Å². The number of benzene rings is 2. The van der Waals surface area contributed by atoms with Gasteiger partial charge in [0.15, 0.2) is 0 Å². The predicted octanol–water partition coefficient (Wildman–Crippen LogP) is 2.93. The molecule has 0 spiro atoms. The highest BCUT2D eigenvalue weighted by Crippen LogP contribution is 2.22. The zero-order valence-electron chi connectivity index (χ0n) is 20.0. The van der Waals surface area contributed by atoms with Crippen LogP contribution in [-0.2, 0) is 26.2 Å². The molecule has 1 unspecified atom stereocenters. The van der Waals surface area contributed by atoms with E-state index in [1.165, 1.54) is 49.3 Å². The zero-order chi connectivity index (χ0) is 25.3. The maximum Gasteiger partial charge on any atom is 0.244 e. The highest BCUT2D eigenvalue weighted by Gasteiger charge is 2.30. The average molecular weight is 494 g/mol. The van der Waals surface area contributed by atoms with Crippen LogP contribution >= 0.6 is 0 Å². The van der Waals surface area contributed by atoms with Crippen molar-refractivity contribution in [2.24, 2.45) is 0 Å². The number of sulfonamides is 1. The second kappa shape index (κ2) is 12.4. The lowest BCUT2D eigenvalue weighted by atomic mass is 10.1. The molecule has 0 saturated heterocycles. The maximum atomic E-state index is 14.4. The highest BCUT2D eigenvalue weighted by molar-refractivity contribution is 7.92. The van der Waals surface area contributed by atoms with E-state index in [2.05, 4.69) is 5.32 Å². The van der Waals surface area contributed by atoms with Crippen molar-refractivity contribution in [3.8, 4) is 5.75 Å². The standard InChI is InChI=1S/C24H32FN3O5S/c1-5-6-15-26-24(30)18(2)27(16-19-9-7-8-10-22(19)25)23(29)17-28(34(4,31)32)20-11-13-21(33-3)14-12-20/h7-14,18H,5-6,15-17H2,1-4H3,(H,26,30).